The van der Waals surface area contributed by atoms with Crippen LogP contribution >= 0.6 is 0 Å². The fourth-order valence-electron chi connectivity index (χ4n) is 3.51. The van der Waals surface area contributed by atoms with Crippen LogP contribution in [-0.4, -0.2) is 49.1 Å². The number of amides is 1. The second kappa shape index (κ2) is 9.52. The second-order valence-corrected chi connectivity index (χ2v) is 9.47. The van der Waals surface area contributed by atoms with Crippen LogP contribution in [-0.2, 0) is 28.0 Å². The summed E-state index contributed by atoms with van der Waals surface area (Å²) in [4.78, 5) is 12.3. The van der Waals surface area contributed by atoms with Crippen LogP contribution in [0, 0.1) is 13.8 Å². The maximum absolute atomic E-state index is 13.0. The van der Waals surface area contributed by atoms with Crippen molar-refractivity contribution < 1.29 is 13.2 Å². The summed E-state index contributed by atoms with van der Waals surface area (Å²) in [6.45, 7) is 5.52. The number of carbonyl (C=O) groups is 1. The van der Waals surface area contributed by atoms with Crippen molar-refractivity contribution in [3.63, 3.8) is 0 Å². The topological polar surface area (TPSA) is 69.7 Å². The van der Waals surface area contributed by atoms with Crippen molar-refractivity contribution in [1.82, 2.24) is 13.9 Å². The molecule has 0 radical (unpaired) electrons. The van der Waals surface area contributed by atoms with Gasteiger partial charge in [0.1, 0.15) is 0 Å². The molecule has 1 N–H and O–H groups in total. The molecule has 7 heteroatoms. The van der Waals surface area contributed by atoms with E-state index in [1.54, 1.807) is 0 Å². The second-order valence-electron chi connectivity index (χ2n) is 7.54. The Morgan fingerprint density at radius 1 is 1.03 bits per heavy atom. The number of hydrogen-bond acceptors (Lipinski definition) is 3. The van der Waals surface area contributed by atoms with Crippen LogP contribution in [0.2, 0.25) is 0 Å². The Balaban J connectivity index is 1.58. The maximum Gasteiger partial charge on any atom is 0.282 e. The van der Waals surface area contributed by atoms with E-state index in [0.717, 1.165) is 28.7 Å². The summed E-state index contributed by atoms with van der Waals surface area (Å²) in [5.74, 6) is -0.266. The third-order valence-corrected chi connectivity index (χ3v) is 7.15. The zero-order chi connectivity index (χ0) is 20.9. The molecule has 1 heterocycles. The van der Waals surface area contributed by atoms with Crippen LogP contribution in [0.5, 0.6) is 0 Å². The van der Waals surface area contributed by atoms with Gasteiger partial charge in [0.05, 0.1) is 6.54 Å². The van der Waals surface area contributed by atoms with Crippen LogP contribution in [0.15, 0.2) is 48.5 Å². The number of nitrogens with zero attached hydrogens (tertiary/aromatic N) is 2. The van der Waals surface area contributed by atoms with Crippen molar-refractivity contribution in [2.75, 3.05) is 26.2 Å². The summed E-state index contributed by atoms with van der Waals surface area (Å²) >= 11 is 0. The van der Waals surface area contributed by atoms with E-state index in [2.05, 4.69) is 5.32 Å². The quantitative estimate of drug-likeness (QED) is 0.755. The average molecular weight is 416 g/mol. The molecule has 0 spiro atoms. The first-order valence-corrected chi connectivity index (χ1v) is 11.4. The molecule has 156 valence electrons. The van der Waals surface area contributed by atoms with Gasteiger partial charge in [0.2, 0.25) is 5.91 Å². The van der Waals surface area contributed by atoms with E-state index in [4.69, 9.17) is 0 Å². The standard InChI is InChI=1S/C22H29N3O3S/c1-18-9-10-19(2)21(15-18)16-24-13-6-14-25(29(24,27)28)17-22(26)23-12-11-20-7-4-3-5-8-20/h3-5,7-10,15H,6,11-14,16-17H2,1-2H3,(H,23,26). The van der Waals surface area contributed by atoms with Crippen LogP contribution in [0.3, 0.4) is 0 Å². The van der Waals surface area contributed by atoms with Crippen LogP contribution in [0.25, 0.3) is 0 Å². The molecular weight excluding hydrogens is 386 g/mol. The average Bonchev–Trinajstić information content (AvgIpc) is 2.69. The molecule has 1 aliphatic rings. The van der Waals surface area contributed by atoms with Crippen LogP contribution in [0.4, 0.5) is 0 Å². The minimum atomic E-state index is -3.66. The normalized spacial score (nSPS) is 17.2. The summed E-state index contributed by atoms with van der Waals surface area (Å²) in [5.41, 5.74) is 4.32. The Kier molecular flexibility index (Phi) is 7.05. The van der Waals surface area contributed by atoms with Gasteiger partial charge in [0.15, 0.2) is 0 Å². The van der Waals surface area contributed by atoms with Crippen molar-refractivity contribution in [3.8, 4) is 0 Å². The van der Waals surface area contributed by atoms with Gasteiger partial charge < -0.3 is 5.32 Å². The lowest BCUT2D eigenvalue weighted by Crippen LogP contribution is -2.52. The molecule has 1 saturated heterocycles. The number of nitrogens with one attached hydrogen (secondary N) is 1. The van der Waals surface area contributed by atoms with Crippen LogP contribution in [0.1, 0.15) is 28.7 Å². The summed E-state index contributed by atoms with van der Waals surface area (Å²) in [6, 6.07) is 15.9. The molecule has 2 aromatic carbocycles. The summed E-state index contributed by atoms with van der Waals surface area (Å²) in [5, 5.41) is 2.83. The highest BCUT2D eigenvalue weighted by atomic mass is 32.2. The predicted octanol–water partition coefficient (Wildman–Crippen LogP) is 2.41. The number of hydrogen-bond donors (Lipinski definition) is 1. The number of aryl methyl sites for hydroxylation is 2. The molecule has 0 unspecified atom stereocenters. The highest BCUT2D eigenvalue weighted by Gasteiger charge is 2.34. The first-order chi connectivity index (χ1) is 13.9. The maximum atomic E-state index is 13.0. The Morgan fingerprint density at radius 3 is 2.52 bits per heavy atom. The van der Waals surface area contributed by atoms with Gasteiger partial charge >= 0.3 is 0 Å². The van der Waals surface area contributed by atoms with Gasteiger partial charge in [-0.15, -0.1) is 0 Å². The molecule has 0 bridgehead atoms. The molecule has 0 aliphatic carbocycles. The fraction of sp³-hybridized carbons (Fsp3) is 0.409. The molecule has 1 amide bonds. The summed E-state index contributed by atoms with van der Waals surface area (Å²) in [7, 11) is -3.66. The van der Waals surface area contributed by atoms with Crippen molar-refractivity contribution in [2.24, 2.45) is 0 Å². The molecule has 6 nitrogen and oxygen atoms in total. The van der Waals surface area contributed by atoms with E-state index in [0.29, 0.717) is 32.6 Å². The zero-order valence-electron chi connectivity index (χ0n) is 17.1. The molecule has 0 atom stereocenters. The zero-order valence-corrected chi connectivity index (χ0v) is 17.9. The van der Waals surface area contributed by atoms with E-state index in [1.165, 1.54) is 8.61 Å². The molecular formula is C22H29N3O3S. The first kappa shape index (κ1) is 21.5. The van der Waals surface area contributed by atoms with E-state index in [-0.39, 0.29) is 12.5 Å². The van der Waals surface area contributed by atoms with Gasteiger partial charge in [-0.1, -0.05) is 54.1 Å². The van der Waals surface area contributed by atoms with Gasteiger partial charge in [-0.25, -0.2) is 0 Å². The Hall–Kier alpha value is -2.22. The summed E-state index contributed by atoms with van der Waals surface area (Å²) < 4.78 is 28.8. The smallest absolute Gasteiger partial charge is 0.282 e. The Bertz CT molecular complexity index is 945. The largest absolute Gasteiger partial charge is 0.355 e. The number of rotatable bonds is 7. The number of carbonyl (C=O) groups excluding carboxylic acids is 1. The fourth-order valence-corrected chi connectivity index (χ4v) is 5.14. The van der Waals surface area contributed by atoms with Crippen molar-refractivity contribution >= 4 is 16.1 Å². The van der Waals surface area contributed by atoms with Crippen molar-refractivity contribution in [2.45, 2.75) is 33.2 Å². The lowest BCUT2D eigenvalue weighted by molar-refractivity contribution is -0.121. The van der Waals surface area contributed by atoms with Crippen molar-refractivity contribution in [3.05, 3.63) is 70.8 Å². The van der Waals surface area contributed by atoms with Gasteiger partial charge in [-0.05, 0) is 43.4 Å². The molecule has 1 fully saturated rings. The first-order valence-electron chi connectivity index (χ1n) is 9.98. The van der Waals surface area contributed by atoms with Gasteiger partial charge in [-0.3, -0.25) is 4.79 Å². The Morgan fingerprint density at radius 2 is 1.76 bits per heavy atom. The van der Waals surface area contributed by atoms with E-state index < -0.39 is 10.2 Å². The third kappa shape index (κ3) is 5.65. The molecule has 0 saturated carbocycles. The van der Waals surface area contributed by atoms with Crippen LogP contribution < -0.4 is 5.32 Å². The van der Waals surface area contributed by atoms with Gasteiger partial charge in [-0.2, -0.15) is 17.0 Å². The van der Waals surface area contributed by atoms with Gasteiger partial charge in [0.25, 0.3) is 10.2 Å². The molecule has 1 aliphatic heterocycles. The highest BCUT2D eigenvalue weighted by Crippen LogP contribution is 2.21. The van der Waals surface area contributed by atoms with E-state index in [1.807, 2.05) is 62.4 Å². The molecule has 3 rings (SSSR count). The minimum absolute atomic E-state index is 0.138. The molecule has 2 aromatic rings. The monoisotopic (exact) mass is 415 g/mol. The van der Waals surface area contributed by atoms with Gasteiger partial charge in [0, 0.05) is 26.2 Å². The highest BCUT2D eigenvalue weighted by molar-refractivity contribution is 7.86. The predicted molar refractivity (Wildman–Crippen MR) is 115 cm³/mol. The summed E-state index contributed by atoms with van der Waals surface area (Å²) in [6.07, 6.45) is 1.43. The Labute approximate surface area is 173 Å². The molecule has 29 heavy (non-hydrogen) atoms. The SMILES string of the molecule is Cc1ccc(C)c(CN2CCCN(CC(=O)NCCc3ccccc3)S2(=O)=O)c1. The lowest BCUT2D eigenvalue weighted by Gasteiger charge is -2.34. The minimum Gasteiger partial charge on any atom is -0.355 e. The molecule has 0 aromatic heterocycles. The lowest BCUT2D eigenvalue weighted by atomic mass is 10.1. The number of benzene rings is 2. The van der Waals surface area contributed by atoms with E-state index in [9.17, 15) is 13.2 Å². The third-order valence-electron chi connectivity index (χ3n) is 5.22. The van der Waals surface area contributed by atoms with Crippen molar-refractivity contribution in [1.29, 1.82) is 0 Å². The van der Waals surface area contributed by atoms with E-state index >= 15 is 0 Å².